The molecule has 1 heterocycles. The molecule has 3 rings (SSSR count). The third-order valence-electron chi connectivity index (χ3n) is 3.10. The first-order valence-electron chi connectivity index (χ1n) is 6.80. The second-order valence-electron chi connectivity index (χ2n) is 4.73. The summed E-state index contributed by atoms with van der Waals surface area (Å²) in [5.41, 5.74) is 8.09. The second-order valence-corrected chi connectivity index (χ2v) is 4.73. The van der Waals surface area contributed by atoms with Gasteiger partial charge in [0.05, 0.1) is 11.2 Å². The van der Waals surface area contributed by atoms with E-state index in [4.69, 9.17) is 15.9 Å². The van der Waals surface area contributed by atoms with E-state index in [1.165, 1.54) is 0 Å². The van der Waals surface area contributed by atoms with Gasteiger partial charge in [0.1, 0.15) is 11.3 Å². The number of carboxylic acids is 2. The van der Waals surface area contributed by atoms with Crippen LogP contribution in [0.5, 0.6) is 5.75 Å². The molecule has 0 unspecified atom stereocenters. The number of carboxylic acid groups (broad SMARTS) is 2. The van der Waals surface area contributed by atoms with Crippen LogP contribution in [0, 0.1) is 0 Å². The highest BCUT2D eigenvalue weighted by molar-refractivity contribution is 6.07. The highest BCUT2D eigenvalue weighted by Crippen LogP contribution is 2.31. The Morgan fingerprint density at radius 2 is 1.50 bits per heavy atom. The molecule has 0 aliphatic heterocycles. The first-order valence-corrected chi connectivity index (χ1v) is 6.80. The van der Waals surface area contributed by atoms with Gasteiger partial charge in [-0.15, -0.1) is 0 Å². The van der Waals surface area contributed by atoms with Crippen molar-refractivity contribution in [2.24, 2.45) is 0 Å². The summed E-state index contributed by atoms with van der Waals surface area (Å²) in [6.07, 6.45) is 1.12. The predicted molar refractivity (Wildman–Crippen MR) is 89.7 cm³/mol. The smallest absolute Gasteiger partial charge is 0.328 e. The van der Waals surface area contributed by atoms with Crippen LogP contribution in [0.2, 0.25) is 0 Å². The topological polar surface area (TPSA) is 134 Å². The lowest BCUT2D eigenvalue weighted by Gasteiger charge is -2.07. The Balaban J connectivity index is 0.000000224. The lowest BCUT2D eigenvalue weighted by atomic mass is 10.1. The monoisotopic (exact) mass is 326 g/mol. The standard InChI is InChI=1S/C13H10N2O.C4H4O4/c14-12-8-4-1-2-6-10(8)15-13-9(12)5-3-7-11(13)16;5-3(6)1-2-4(7)8/h1-7,16H,(H2,14,15);1-2H,(H,5,6)(H,7,8)/b;2-1-. The van der Waals surface area contributed by atoms with Gasteiger partial charge in [-0.2, -0.15) is 0 Å². The highest BCUT2D eigenvalue weighted by atomic mass is 16.4. The molecular weight excluding hydrogens is 312 g/mol. The molecule has 0 radical (unpaired) electrons. The molecule has 0 aliphatic carbocycles. The minimum absolute atomic E-state index is 0.162. The number of carbonyl (C=O) groups is 2. The van der Waals surface area contributed by atoms with E-state index in [1.54, 1.807) is 12.1 Å². The first-order chi connectivity index (χ1) is 11.4. The first kappa shape index (κ1) is 16.8. The Kier molecular flexibility index (Phi) is 4.96. The van der Waals surface area contributed by atoms with Gasteiger partial charge in [0.15, 0.2) is 0 Å². The molecular formula is C17H14N2O5. The zero-order valence-corrected chi connectivity index (χ0v) is 12.4. The summed E-state index contributed by atoms with van der Waals surface area (Å²) in [6.45, 7) is 0. The van der Waals surface area contributed by atoms with E-state index in [-0.39, 0.29) is 5.75 Å². The predicted octanol–water partition coefficient (Wildman–Crippen LogP) is 2.39. The second kappa shape index (κ2) is 7.10. The van der Waals surface area contributed by atoms with Crippen molar-refractivity contribution in [1.82, 2.24) is 4.98 Å². The molecule has 0 aliphatic rings. The maximum absolute atomic E-state index is 9.74. The van der Waals surface area contributed by atoms with Gasteiger partial charge < -0.3 is 21.1 Å². The largest absolute Gasteiger partial charge is 0.506 e. The van der Waals surface area contributed by atoms with E-state index in [0.717, 1.165) is 16.3 Å². The number of benzene rings is 2. The Bertz CT molecular complexity index is 934. The molecule has 0 bridgehead atoms. The van der Waals surface area contributed by atoms with E-state index in [0.29, 0.717) is 23.4 Å². The van der Waals surface area contributed by atoms with Gasteiger partial charge in [-0.1, -0.05) is 30.3 Å². The SMILES string of the molecule is Nc1c2ccccc2nc2c(O)cccc12.O=C(O)/C=C\C(=O)O. The van der Waals surface area contributed by atoms with Crippen molar-refractivity contribution in [2.45, 2.75) is 0 Å². The Morgan fingerprint density at radius 1 is 0.917 bits per heavy atom. The average molecular weight is 326 g/mol. The summed E-state index contributed by atoms with van der Waals surface area (Å²) in [5.74, 6) is -2.35. The van der Waals surface area contributed by atoms with Crippen LogP contribution < -0.4 is 5.73 Å². The molecule has 0 saturated heterocycles. The number of hydrogen-bond acceptors (Lipinski definition) is 5. The van der Waals surface area contributed by atoms with Gasteiger partial charge in [-0.25, -0.2) is 14.6 Å². The number of nitrogens with zero attached hydrogens (tertiary/aromatic N) is 1. The number of anilines is 1. The molecule has 122 valence electrons. The number of nitrogens with two attached hydrogens (primary N) is 1. The number of rotatable bonds is 2. The molecule has 0 amide bonds. The Hall–Kier alpha value is -3.61. The summed E-state index contributed by atoms with van der Waals surface area (Å²) < 4.78 is 0. The van der Waals surface area contributed by atoms with Crippen molar-refractivity contribution in [2.75, 3.05) is 5.73 Å². The molecule has 0 spiro atoms. The van der Waals surface area contributed by atoms with Crippen molar-refractivity contribution in [1.29, 1.82) is 0 Å². The minimum Gasteiger partial charge on any atom is -0.506 e. The number of nitrogen functional groups attached to an aromatic ring is 1. The summed E-state index contributed by atoms with van der Waals surface area (Å²) >= 11 is 0. The average Bonchev–Trinajstić information content (AvgIpc) is 2.55. The van der Waals surface area contributed by atoms with Crippen LogP contribution in [-0.4, -0.2) is 32.2 Å². The van der Waals surface area contributed by atoms with E-state index in [9.17, 15) is 14.7 Å². The fourth-order valence-corrected chi connectivity index (χ4v) is 2.07. The van der Waals surface area contributed by atoms with Crippen LogP contribution in [0.25, 0.3) is 21.8 Å². The molecule has 24 heavy (non-hydrogen) atoms. The molecule has 5 N–H and O–H groups in total. The minimum atomic E-state index is -1.26. The quantitative estimate of drug-likeness (QED) is 0.419. The maximum atomic E-state index is 9.74. The molecule has 1 aromatic heterocycles. The van der Waals surface area contributed by atoms with Crippen LogP contribution in [0.1, 0.15) is 0 Å². The number of fused-ring (bicyclic) bond motifs is 2. The van der Waals surface area contributed by atoms with E-state index >= 15 is 0 Å². The van der Waals surface area contributed by atoms with Crippen LogP contribution >= 0.6 is 0 Å². The number of phenols is 1. The van der Waals surface area contributed by atoms with Crippen molar-refractivity contribution in [3.05, 3.63) is 54.6 Å². The van der Waals surface area contributed by atoms with Crippen molar-refractivity contribution >= 4 is 39.4 Å². The van der Waals surface area contributed by atoms with Crippen LogP contribution in [-0.2, 0) is 9.59 Å². The third-order valence-corrected chi connectivity index (χ3v) is 3.10. The zero-order valence-electron chi connectivity index (χ0n) is 12.4. The number of para-hydroxylation sites is 2. The zero-order chi connectivity index (χ0) is 17.7. The third kappa shape index (κ3) is 3.77. The number of aromatic hydroxyl groups is 1. The molecule has 3 aromatic rings. The van der Waals surface area contributed by atoms with Gasteiger partial charge in [0.2, 0.25) is 0 Å². The molecule has 7 heteroatoms. The molecule has 0 atom stereocenters. The number of aromatic nitrogens is 1. The normalized spacial score (nSPS) is 10.5. The number of phenolic OH excluding ortho intramolecular Hbond substituents is 1. The van der Waals surface area contributed by atoms with Gasteiger partial charge >= 0.3 is 11.9 Å². The van der Waals surface area contributed by atoms with Gasteiger partial charge in [-0.3, -0.25) is 0 Å². The van der Waals surface area contributed by atoms with Crippen LogP contribution in [0.3, 0.4) is 0 Å². The lowest BCUT2D eigenvalue weighted by Crippen LogP contribution is -1.92. The highest BCUT2D eigenvalue weighted by Gasteiger charge is 2.07. The van der Waals surface area contributed by atoms with Crippen LogP contribution in [0.4, 0.5) is 5.69 Å². The molecule has 2 aromatic carbocycles. The number of pyridine rings is 1. The van der Waals surface area contributed by atoms with Crippen molar-refractivity contribution < 1.29 is 24.9 Å². The summed E-state index contributed by atoms with van der Waals surface area (Å²) in [7, 11) is 0. The summed E-state index contributed by atoms with van der Waals surface area (Å²) in [4.78, 5) is 23.5. The lowest BCUT2D eigenvalue weighted by molar-refractivity contribution is -0.134. The summed E-state index contributed by atoms with van der Waals surface area (Å²) in [6, 6.07) is 12.9. The van der Waals surface area contributed by atoms with Gasteiger partial charge in [-0.05, 0) is 12.1 Å². The maximum Gasteiger partial charge on any atom is 0.328 e. The summed E-state index contributed by atoms with van der Waals surface area (Å²) in [5, 5.41) is 27.1. The van der Waals surface area contributed by atoms with Gasteiger partial charge in [0.25, 0.3) is 0 Å². The van der Waals surface area contributed by atoms with Crippen molar-refractivity contribution in [3.63, 3.8) is 0 Å². The molecule has 0 fully saturated rings. The van der Waals surface area contributed by atoms with Crippen LogP contribution in [0.15, 0.2) is 54.6 Å². The van der Waals surface area contributed by atoms with E-state index in [2.05, 4.69) is 4.98 Å². The van der Waals surface area contributed by atoms with E-state index in [1.807, 2.05) is 30.3 Å². The molecule has 0 saturated carbocycles. The van der Waals surface area contributed by atoms with Gasteiger partial charge in [0, 0.05) is 22.9 Å². The Labute approximate surface area is 136 Å². The fraction of sp³-hybridized carbons (Fsp3) is 0. The number of hydrogen-bond donors (Lipinski definition) is 4. The number of aliphatic carboxylic acids is 2. The van der Waals surface area contributed by atoms with E-state index < -0.39 is 11.9 Å². The van der Waals surface area contributed by atoms with Crippen molar-refractivity contribution in [3.8, 4) is 5.75 Å². The Morgan fingerprint density at radius 3 is 2.12 bits per heavy atom. The molecule has 7 nitrogen and oxygen atoms in total. The fourth-order valence-electron chi connectivity index (χ4n) is 2.07.